The van der Waals surface area contributed by atoms with Crippen molar-refractivity contribution in [2.45, 2.75) is 6.10 Å². The van der Waals surface area contributed by atoms with Gasteiger partial charge in [-0.1, -0.05) is 48.5 Å². The predicted octanol–water partition coefficient (Wildman–Crippen LogP) is 4.46. The summed E-state index contributed by atoms with van der Waals surface area (Å²) in [5.74, 6) is 0. The number of anilines is 1. The molecular weight excluding hydrogens is 296 g/mol. The minimum atomic E-state index is -0.494. The summed E-state index contributed by atoms with van der Waals surface area (Å²) in [6, 6.07) is 16.0. The highest BCUT2D eigenvalue weighted by Crippen LogP contribution is 2.45. The lowest BCUT2D eigenvalue weighted by Crippen LogP contribution is -2.17. The summed E-state index contributed by atoms with van der Waals surface area (Å²) in [7, 11) is 0. The van der Waals surface area contributed by atoms with E-state index in [2.05, 4.69) is 22.4 Å². The quantitative estimate of drug-likeness (QED) is 0.760. The van der Waals surface area contributed by atoms with Crippen LogP contribution in [0.25, 0.3) is 11.1 Å². The molecule has 0 saturated carbocycles. The Balaban J connectivity index is 1.65. The summed E-state index contributed by atoms with van der Waals surface area (Å²) in [4.78, 5) is 16.1. The average molecular weight is 308 g/mol. The third-order valence-corrected chi connectivity index (χ3v) is 4.33. The normalized spacial score (nSPS) is 12.5. The molecular formula is C17H12N2O2S. The Morgan fingerprint density at radius 3 is 2.27 bits per heavy atom. The molecule has 4 nitrogen and oxygen atoms in total. The first-order valence-corrected chi connectivity index (χ1v) is 7.76. The number of fused-ring (bicyclic) bond motifs is 3. The van der Waals surface area contributed by atoms with Gasteiger partial charge in [0.2, 0.25) is 0 Å². The molecule has 2 aromatic carbocycles. The zero-order valence-corrected chi connectivity index (χ0v) is 12.3. The fraction of sp³-hybridized carbons (Fsp3) is 0.0588. The molecule has 0 saturated heterocycles. The Morgan fingerprint density at radius 2 is 1.68 bits per heavy atom. The first-order chi connectivity index (χ1) is 10.8. The Labute approximate surface area is 131 Å². The third kappa shape index (κ3) is 2.16. The Kier molecular flexibility index (Phi) is 3.12. The number of benzene rings is 2. The fourth-order valence-electron chi connectivity index (χ4n) is 2.75. The maximum absolute atomic E-state index is 12.1. The zero-order valence-electron chi connectivity index (χ0n) is 11.5. The van der Waals surface area contributed by atoms with E-state index in [9.17, 15) is 4.79 Å². The van der Waals surface area contributed by atoms with Crippen LogP contribution in [0.2, 0.25) is 0 Å². The van der Waals surface area contributed by atoms with E-state index in [1.807, 2.05) is 36.4 Å². The average Bonchev–Trinajstić information content (AvgIpc) is 3.15. The van der Waals surface area contributed by atoms with Gasteiger partial charge in [0.25, 0.3) is 0 Å². The molecule has 4 rings (SSSR count). The van der Waals surface area contributed by atoms with Crippen molar-refractivity contribution in [2.75, 3.05) is 5.32 Å². The number of rotatable bonds is 2. The van der Waals surface area contributed by atoms with Crippen LogP contribution in [0.1, 0.15) is 17.2 Å². The highest BCUT2D eigenvalue weighted by Gasteiger charge is 2.31. The summed E-state index contributed by atoms with van der Waals surface area (Å²) in [6.07, 6.45) is 0.763. The van der Waals surface area contributed by atoms with Crippen LogP contribution >= 0.6 is 11.3 Å². The standard InChI is InChI=1S/C17H12N2O2S/c20-17(19-16-18-9-10-22-16)21-15-13-7-3-1-5-11(13)12-6-2-4-8-14(12)15/h1-10,15H,(H,18,19,20). The van der Waals surface area contributed by atoms with E-state index in [-0.39, 0.29) is 6.10 Å². The van der Waals surface area contributed by atoms with Gasteiger partial charge in [0.1, 0.15) is 0 Å². The summed E-state index contributed by atoms with van der Waals surface area (Å²) >= 11 is 1.36. The molecule has 0 atom stereocenters. The second kappa shape index (κ2) is 5.27. The number of nitrogens with one attached hydrogen (secondary N) is 1. The topological polar surface area (TPSA) is 51.2 Å². The largest absolute Gasteiger partial charge is 0.436 e. The molecule has 1 aliphatic rings. The number of carbonyl (C=O) groups is 1. The number of ether oxygens (including phenoxy) is 1. The zero-order chi connectivity index (χ0) is 14.9. The fourth-order valence-corrected chi connectivity index (χ4v) is 3.26. The van der Waals surface area contributed by atoms with Gasteiger partial charge in [0.05, 0.1) is 0 Å². The number of hydrogen-bond donors (Lipinski definition) is 1. The van der Waals surface area contributed by atoms with Crippen LogP contribution in [0.3, 0.4) is 0 Å². The Bertz CT molecular complexity index is 785. The van der Waals surface area contributed by atoms with Crippen LogP contribution in [0.4, 0.5) is 9.93 Å². The first-order valence-electron chi connectivity index (χ1n) is 6.88. The number of carbonyl (C=O) groups excluding carboxylic acids is 1. The predicted molar refractivity (Wildman–Crippen MR) is 85.9 cm³/mol. The lowest BCUT2D eigenvalue weighted by molar-refractivity contribution is 0.133. The molecule has 1 aliphatic carbocycles. The SMILES string of the molecule is O=C(Nc1nccs1)OC1c2ccccc2-c2ccccc21. The van der Waals surface area contributed by atoms with Crippen LogP contribution in [0.15, 0.2) is 60.1 Å². The maximum Gasteiger partial charge on any atom is 0.414 e. The summed E-state index contributed by atoms with van der Waals surface area (Å²) in [6.45, 7) is 0. The monoisotopic (exact) mass is 308 g/mol. The molecule has 0 bridgehead atoms. The van der Waals surface area contributed by atoms with Crippen molar-refractivity contribution in [3.05, 3.63) is 71.2 Å². The number of thiazole rings is 1. The third-order valence-electron chi connectivity index (χ3n) is 3.64. The van der Waals surface area contributed by atoms with E-state index in [1.54, 1.807) is 11.6 Å². The number of amides is 1. The molecule has 5 heteroatoms. The van der Waals surface area contributed by atoms with Crippen molar-refractivity contribution < 1.29 is 9.53 Å². The van der Waals surface area contributed by atoms with E-state index in [4.69, 9.17) is 4.74 Å². The van der Waals surface area contributed by atoms with Gasteiger partial charge < -0.3 is 4.74 Å². The summed E-state index contributed by atoms with van der Waals surface area (Å²) in [5.41, 5.74) is 4.26. The van der Waals surface area contributed by atoms with Crippen molar-refractivity contribution in [1.29, 1.82) is 0 Å². The summed E-state index contributed by atoms with van der Waals surface area (Å²) in [5, 5.41) is 4.99. The van der Waals surface area contributed by atoms with E-state index in [0.717, 1.165) is 22.3 Å². The van der Waals surface area contributed by atoms with E-state index in [0.29, 0.717) is 5.13 Å². The van der Waals surface area contributed by atoms with Crippen LogP contribution in [0, 0.1) is 0 Å². The van der Waals surface area contributed by atoms with Gasteiger partial charge >= 0.3 is 6.09 Å². The van der Waals surface area contributed by atoms with Gasteiger partial charge in [-0.15, -0.1) is 11.3 Å². The molecule has 108 valence electrons. The van der Waals surface area contributed by atoms with Crippen LogP contribution < -0.4 is 5.32 Å². The lowest BCUT2D eigenvalue weighted by Gasteiger charge is -2.14. The molecule has 1 aromatic heterocycles. The second-order valence-corrected chi connectivity index (χ2v) is 5.82. The van der Waals surface area contributed by atoms with E-state index >= 15 is 0 Å². The molecule has 1 N–H and O–H groups in total. The lowest BCUT2D eigenvalue weighted by atomic mass is 10.1. The number of nitrogens with zero attached hydrogens (tertiary/aromatic N) is 1. The molecule has 1 heterocycles. The van der Waals surface area contributed by atoms with Gasteiger partial charge in [-0.25, -0.2) is 9.78 Å². The molecule has 1 amide bonds. The van der Waals surface area contributed by atoms with Crippen molar-refractivity contribution in [1.82, 2.24) is 4.98 Å². The van der Waals surface area contributed by atoms with Crippen LogP contribution in [0.5, 0.6) is 0 Å². The van der Waals surface area contributed by atoms with Gasteiger partial charge in [-0.3, -0.25) is 5.32 Å². The molecule has 0 aliphatic heterocycles. The van der Waals surface area contributed by atoms with Crippen LogP contribution in [-0.4, -0.2) is 11.1 Å². The van der Waals surface area contributed by atoms with Crippen molar-refractivity contribution in [3.63, 3.8) is 0 Å². The minimum Gasteiger partial charge on any atom is -0.436 e. The highest BCUT2D eigenvalue weighted by atomic mass is 32.1. The van der Waals surface area contributed by atoms with Gasteiger partial charge in [-0.2, -0.15) is 0 Å². The van der Waals surface area contributed by atoms with E-state index in [1.165, 1.54) is 11.3 Å². The minimum absolute atomic E-state index is 0.382. The van der Waals surface area contributed by atoms with Crippen molar-refractivity contribution in [3.8, 4) is 11.1 Å². The number of hydrogen-bond acceptors (Lipinski definition) is 4. The maximum atomic E-state index is 12.1. The Hall–Kier alpha value is -2.66. The van der Waals surface area contributed by atoms with Gasteiger partial charge in [-0.05, 0) is 11.1 Å². The van der Waals surface area contributed by atoms with Gasteiger partial charge in [0.15, 0.2) is 11.2 Å². The molecule has 0 radical (unpaired) electrons. The van der Waals surface area contributed by atoms with Crippen molar-refractivity contribution >= 4 is 22.6 Å². The van der Waals surface area contributed by atoms with Crippen LogP contribution in [-0.2, 0) is 4.74 Å². The second-order valence-electron chi connectivity index (χ2n) is 4.92. The Morgan fingerprint density at radius 1 is 1.05 bits per heavy atom. The smallest absolute Gasteiger partial charge is 0.414 e. The molecule has 3 aromatic rings. The first kappa shape index (κ1) is 13.0. The van der Waals surface area contributed by atoms with Gasteiger partial charge in [0, 0.05) is 22.7 Å². The molecule has 22 heavy (non-hydrogen) atoms. The highest BCUT2D eigenvalue weighted by molar-refractivity contribution is 7.13. The summed E-state index contributed by atoms with van der Waals surface area (Å²) < 4.78 is 5.65. The van der Waals surface area contributed by atoms with Crippen molar-refractivity contribution in [2.24, 2.45) is 0 Å². The number of aromatic nitrogens is 1. The van der Waals surface area contributed by atoms with E-state index < -0.39 is 6.09 Å². The molecule has 0 spiro atoms. The molecule has 0 fully saturated rings. The molecule has 0 unspecified atom stereocenters.